The monoisotopic (exact) mass is 408 g/mol. The number of nitrogens with one attached hydrogen (secondary N) is 1. The van der Waals surface area contributed by atoms with Crippen LogP contribution >= 0.6 is 0 Å². The fraction of sp³-hybridized carbons (Fsp3) is 0.429. The summed E-state index contributed by atoms with van der Waals surface area (Å²) in [7, 11) is 0. The summed E-state index contributed by atoms with van der Waals surface area (Å²) in [6.45, 7) is 2.77. The van der Waals surface area contributed by atoms with Gasteiger partial charge in [-0.2, -0.15) is 0 Å². The first-order valence-corrected chi connectivity index (χ1v) is 10.1. The van der Waals surface area contributed by atoms with Crippen molar-refractivity contribution in [1.29, 1.82) is 0 Å². The average Bonchev–Trinajstić information content (AvgIpc) is 3.17. The van der Waals surface area contributed by atoms with Crippen LogP contribution in [0, 0.1) is 5.92 Å². The molecular formula is C21H24N6O3. The van der Waals surface area contributed by atoms with Gasteiger partial charge in [-0.05, 0) is 24.5 Å². The predicted octanol–water partition coefficient (Wildman–Crippen LogP) is 0.639. The molecule has 0 unspecified atom stereocenters. The summed E-state index contributed by atoms with van der Waals surface area (Å²) in [5, 5.41) is 2.97. The summed E-state index contributed by atoms with van der Waals surface area (Å²) in [4.78, 5) is 53.9. The van der Waals surface area contributed by atoms with Crippen molar-refractivity contribution in [3.63, 3.8) is 0 Å². The van der Waals surface area contributed by atoms with Crippen LogP contribution < -0.4 is 5.32 Å². The molecule has 0 spiro atoms. The molecule has 0 aliphatic carbocycles. The van der Waals surface area contributed by atoms with Crippen LogP contribution in [0.1, 0.15) is 35.8 Å². The predicted molar refractivity (Wildman–Crippen MR) is 107 cm³/mol. The van der Waals surface area contributed by atoms with Crippen molar-refractivity contribution < 1.29 is 14.4 Å². The topological polar surface area (TPSA) is 108 Å². The molecular weight excluding hydrogens is 384 g/mol. The van der Waals surface area contributed by atoms with Gasteiger partial charge in [-0.3, -0.25) is 24.4 Å². The number of hydrogen-bond acceptors (Lipinski definition) is 6. The smallest absolute Gasteiger partial charge is 0.274 e. The fourth-order valence-electron chi connectivity index (χ4n) is 4.46. The van der Waals surface area contributed by atoms with Crippen molar-refractivity contribution in [2.24, 2.45) is 5.92 Å². The molecule has 0 aromatic carbocycles. The Kier molecular flexibility index (Phi) is 5.69. The van der Waals surface area contributed by atoms with Crippen molar-refractivity contribution in [1.82, 2.24) is 30.1 Å². The Morgan fingerprint density at radius 3 is 2.73 bits per heavy atom. The minimum atomic E-state index is -0.311. The van der Waals surface area contributed by atoms with E-state index in [0.29, 0.717) is 25.9 Å². The maximum absolute atomic E-state index is 12.9. The second-order valence-electron chi connectivity index (χ2n) is 7.63. The highest BCUT2D eigenvalue weighted by molar-refractivity contribution is 5.96. The van der Waals surface area contributed by atoms with Gasteiger partial charge in [-0.15, -0.1) is 0 Å². The molecule has 3 atom stereocenters. The molecule has 30 heavy (non-hydrogen) atoms. The third-order valence-electron chi connectivity index (χ3n) is 5.80. The number of rotatable bonds is 5. The number of pyridine rings is 1. The molecule has 4 heterocycles. The molecule has 9 nitrogen and oxygen atoms in total. The zero-order chi connectivity index (χ0) is 21.1. The number of piperazine rings is 1. The average molecular weight is 408 g/mol. The molecule has 9 heteroatoms. The lowest BCUT2D eigenvalue weighted by atomic mass is 9.96. The van der Waals surface area contributed by atoms with Crippen LogP contribution in [0.3, 0.4) is 0 Å². The molecule has 2 aliphatic heterocycles. The molecule has 2 aromatic heterocycles. The van der Waals surface area contributed by atoms with Gasteiger partial charge in [0.2, 0.25) is 11.8 Å². The van der Waals surface area contributed by atoms with Gasteiger partial charge in [0.15, 0.2) is 0 Å². The molecule has 2 saturated heterocycles. The van der Waals surface area contributed by atoms with Gasteiger partial charge < -0.3 is 15.1 Å². The van der Waals surface area contributed by atoms with Crippen molar-refractivity contribution in [3.8, 4) is 0 Å². The lowest BCUT2D eigenvalue weighted by molar-refractivity contribution is -0.139. The molecule has 2 aromatic rings. The number of amides is 3. The van der Waals surface area contributed by atoms with E-state index in [2.05, 4.69) is 20.3 Å². The second kappa shape index (κ2) is 8.56. The summed E-state index contributed by atoms with van der Waals surface area (Å²) >= 11 is 0. The van der Waals surface area contributed by atoms with Gasteiger partial charge >= 0.3 is 0 Å². The first-order valence-electron chi connectivity index (χ1n) is 10.1. The number of aromatic nitrogens is 3. The van der Waals surface area contributed by atoms with Crippen LogP contribution in [0.15, 0.2) is 43.1 Å². The van der Waals surface area contributed by atoms with Crippen molar-refractivity contribution in [2.45, 2.75) is 38.4 Å². The van der Waals surface area contributed by atoms with E-state index < -0.39 is 0 Å². The summed E-state index contributed by atoms with van der Waals surface area (Å²) in [5.74, 6) is -0.807. The Hall–Kier alpha value is -3.36. The van der Waals surface area contributed by atoms with E-state index in [4.69, 9.17) is 0 Å². The first kappa shape index (κ1) is 19.9. The molecule has 1 N–H and O–H groups in total. The maximum Gasteiger partial charge on any atom is 0.274 e. The standard InChI is InChI=1S/C21H24N6O3/c1-2-18-16(20(29)25-10-14-4-3-5-22-9-14)8-15-12-26(13-19(28)27(15)18)21(30)17-11-23-6-7-24-17/h3-7,9,11,15-16,18H,2,8,10,12-13H2,1H3,(H,25,29)/t15-,16-,18-/m1/s1. The van der Waals surface area contributed by atoms with E-state index in [9.17, 15) is 14.4 Å². The molecule has 0 bridgehead atoms. The molecule has 2 fully saturated rings. The Morgan fingerprint density at radius 2 is 2.03 bits per heavy atom. The molecule has 0 radical (unpaired) electrons. The van der Waals surface area contributed by atoms with E-state index in [1.54, 1.807) is 12.4 Å². The van der Waals surface area contributed by atoms with Crippen LogP contribution in [0.5, 0.6) is 0 Å². The Morgan fingerprint density at radius 1 is 1.20 bits per heavy atom. The van der Waals surface area contributed by atoms with Gasteiger partial charge in [0.25, 0.3) is 5.91 Å². The number of carbonyl (C=O) groups excluding carboxylic acids is 3. The number of hydrogen-bond donors (Lipinski definition) is 1. The third kappa shape index (κ3) is 3.87. The molecule has 4 rings (SSSR count). The van der Waals surface area contributed by atoms with Gasteiger partial charge in [0.1, 0.15) is 12.2 Å². The van der Waals surface area contributed by atoms with Gasteiger partial charge in [-0.1, -0.05) is 13.0 Å². The Balaban J connectivity index is 1.45. The van der Waals surface area contributed by atoms with E-state index >= 15 is 0 Å². The van der Waals surface area contributed by atoms with E-state index in [1.165, 1.54) is 23.5 Å². The second-order valence-corrected chi connectivity index (χ2v) is 7.63. The highest BCUT2D eigenvalue weighted by atomic mass is 16.2. The minimum absolute atomic E-state index is 0.00751. The fourth-order valence-corrected chi connectivity index (χ4v) is 4.46. The summed E-state index contributed by atoms with van der Waals surface area (Å²) in [5.41, 5.74) is 1.14. The molecule has 0 saturated carbocycles. The molecule has 2 aliphatic rings. The van der Waals surface area contributed by atoms with Crippen molar-refractivity contribution in [3.05, 3.63) is 54.4 Å². The Bertz CT molecular complexity index is 923. The highest BCUT2D eigenvalue weighted by Crippen LogP contribution is 2.35. The van der Waals surface area contributed by atoms with Gasteiger partial charge in [0.05, 0.1) is 18.2 Å². The van der Waals surface area contributed by atoms with Crippen LogP contribution in [0.25, 0.3) is 0 Å². The van der Waals surface area contributed by atoms with Crippen molar-refractivity contribution in [2.75, 3.05) is 13.1 Å². The molecule has 156 valence electrons. The summed E-state index contributed by atoms with van der Waals surface area (Å²) in [6, 6.07) is 3.39. The Labute approximate surface area is 174 Å². The largest absolute Gasteiger partial charge is 0.352 e. The lowest BCUT2D eigenvalue weighted by Crippen LogP contribution is -2.57. The zero-order valence-electron chi connectivity index (χ0n) is 16.8. The maximum atomic E-state index is 12.9. The van der Waals surface area contributed by atoms with E-state index in [1.807, 2.05) is 24.0 Å². The third-order valence-corrected chi connectivity index (χ3v) is 5.80. The first-order chi connectivity index (χ1) is 14.6. The molecule has 3 amide bonds. The van der Waals surface area contributed by atoms with Crippen molar-refractivity contribution >= 4 is 17.7 Å². The highest BCUT2D eigenvalue weighted by Gasteiger charge is 2.49. The van der Waals surface area contributed by atoms with Crippen LogP contribution in [-0.2, 0) is 16.1 Å². The van der Waals surface area contributed by atoms with Crippen LogP contribution in [0.2, 0.25) is 0 Å². The number of fused-ring (bicyclic) bond motifs is 1. The number of carbonyl (C=O) groups is 3. The minimum Gasteiger partial charge on any atom is -0.352 e. The summed E-state index contributed by atoms with van der Waals surface area (Å²) < 4.78 is 0. The van der Waals surface area contributed by atoms with Gasteiger partial charge in [0, 0.05) is 43.9 Å². The SMILES string of the molecule is CC[C@@H]1[C@H](C(=O)NCc2cccnc2)C[C@@H]2CN(C(=O)c3cnccn3)CC(=O)N21. The zero-order valence-corrected chi connectivity index (χ0v) is 16.8. The number of nitrogens with zero attached hydrogens (tertiary/aromatic N) is 5. The normalized spacial score (nSPS) is 23.2. The van der Waals surface area contributed by atoms with Crippen LogP contribution in [-0.4, -0.2) is 67.6 Å². The lowest BCUT2D eigenvalue weighted by Gasteiger charge is -2.39. The summed E-state index contributed by atoms with van der Waals surface area (Å²) in [6.07, 6.45) is 8.98. The van der Waals surface area contributed by atoms with E-state index in [0.717, 1.165) is 5.56 Å². The quantitative estimate of drug-likeness (QED) is 0.778. The van der Waals surface area contributed by atoms with E-state index in [-0.39, 0.29) is 48.0 Å². The van der Waals surface area contributed by atoms with Crippen LogP contribution in [0.4, 0.5) is 0 Å². The van der Waals surface area contributed by atoms with Gasteiger partial charge in [-0.25, -0.2) is 4.98 Å².